The molecule has 0 aliphatic heterocycles. The van der Waals surface area contributed by atoms with Crippen molar-refractivity contribution in [1.29, 1.82) is 0 Å². The van der Waals surface area contributed by atoms with E-state index in [2.05, 4.69) is 159 Å². The Bertz CT molecular complexity index is 2770. The van der Waals surface area contributed by atoms with Crippen LogP contribution in [0.15, 0.2) is 144 Å². The maximum Gasteiger partial charge on any atom is 0.121 e. The summed E-state index contributed by atoms with van der Waals surface area (Å²) in [6.45, 7) is 6.92. The quantitative estimate of drug-likeness (QED) is 0.112. The SMILES string of the molecule is CC(C)(C)Cc1cc(-c2[c-]cccc2)nc[c]1[Ge]([CH3])([CH3])[CH3].[Ir].[c-]1cc2oc3cc(-c4cccc(-c5ccccc5)c4)ccc3c2cc1-c1cc(CC2CC3CCC2CC3)ccn1. The second-order valence-electron chi connectivity index (χ2n) is 19.9. The fourth-order valence-corrected chi connectivity index (χ4v) is 13.3. The second kappa shape index (κ2) is 18.6. The number of pyridine rings is 2. The van der Waals surface area contributed by atoms with Gasteiger partial charge in [0, 0.05) is 31.7 Å². The van der Waals surface area contributed by atoms with Crippen LogP contribution in [0.4, 0.5) is 0 Å². The van der Waals surface area contributed by atoms with Gasteiger partial charge in [0.05, 0.1) is 5.58 Å². The minimum Gasteiger partial charge on any atom is -0.500 e. The van der Waals surface area contributed by atoms with Crippen LogP contribution in [0.1, 0.15) is 64.0 Å². The van der Waals surface area contributed by atoms with Crippen molar-refractivity contribution < 1.29 is 24.5 Å². The Morgan fingerprint density at radius 2 is 1.39 bits per heavy atom. The normalized spacial score (nSPS) is 17.4. The van der Waals surface area contributed by atoms with Crippen molar-refractivity contribution in [2.45, 2.75) is 83.0 Å². The zero-order valence-electron chi connectivity index (χ0n) is 37.1. The van der Waals surface area contributed by atoms with E-state index in [1.54, 1.807) is 0 Å². The molecule has 0 N–H and O–H groups in total. The van der Waals surface area contributed by atoms with Crippen LogP contribution in [-0.2, 0) is 32.9 Å². The number of hydrogen-bond donors (Lipinski definition) is 0. The van der Waals surface area contributed by atoms with Gasteiger partial charge in [-0.3, -0.25) is 0 Å². The van der Waals surface area contributed by atoms with Gasteiger partial charge in [-0.2, -0.15) is 0 Å². The average molecular weight is 1050 g/mol. The second-order valence-corrected chi connectivity index (χ2v) is 30.5. The number of benzene rings is 5. The number of hydrogen-bond acceptors (Lipinski definition) is 3. The Morgan fingerprint density at radius 1 is 0.661 bits per heavy atom. The summed E-state index contributed by atoms with van der Waals surface area (Å²) in [7, 11) is 0. The molecule has 2 bridgehead atoms. The molecule has 0 spiro atoms. The monoisotopic (exact) mass is 1050 g/mol. The van der Waals surface area contributed by atoms with E-state index in [9.17, 15) is 0 Å². The number of fused-ring (bicyclic) bond motifs is 6. The molecule has 3 aliphatic rings. The van der Waals surface area contributed by atoms with Gasteiger partial charge in [-0.05, 0) is 89.6 Å². The standard InChI is InChI=1S/C38H32NO.C19H26GeN.Ir/c1-2-5-27(6-3-1)29-7-4-8-30(22-29)31-13-15-34-35-23-32(14-16-37(35)40-38(34)24-31)36-21-26(17-18-39-36)20-33-19-25-9-11-28(33)12-10-25;1-19(2,3)13-16-12-18(15-10-8-7-9-11-15)21-14-17(16)20(4,5)6;/h1-8,13,15-18,21-25,28,33H,9-12,19-20H2;7-10,12,14H,13H2,1-6H3;/q2*-1;. The minimum absolute atomic E-state index is 0. The Kier molecular flexibility index (Phi) is 13.2. The van der Waals surface area contributed by atoms with Crippen LogP contribution in [0.25, 0.3) is 66.7 Å². The van der Waals surface area contributed by atoms with Gasteiger partial charge in [0.2, 0.25) is 0 Å². The largest absolute Gasteiger partial charge is 0.500 e. The molecule has 62 heavy (non-hydrogen) atoms. The van der Waals surface area contributed by atoms with Crippen LogP contribution >= 0.6 is 0 Å². The van der Waals surface area contributed by atoms with E-state index in [-0.39, 0.29) is 20.1 Å². The first-order chi connectivity index (χ1) is 29.4. The van der Waals surface area contributed by atoms with Gasteiger partial charge < -0.3 is 9.40 Å². The van der Waals surface area contributed by atoms with Crippen molar-refractivity contribution in [3.05, 3.63) is 163 Å². The summed E-state index contributed by atoms with van der Waals surface area (Å²) in [4.78, 5) is 9.47. The average Bonchev–Trinajstić information content (AvgIpc) is 3.64. The van der Waals surface area contributed by atoms with Gasteiger partial charge >= 0.3 is 132 Å². The third-order valence-electron chi connectivity index (χ3n) is 13.0. The zero-order valence-corrected chi connectivity index (χ0v) is 41.6. The molecule has 1 radical (unpaired) electrons. The molecule has 1 unspecified atom stereocenters. The van der Waals surface area contributed by atoms with Gasteiger partial charge in [-0.15, -0.1) is 23.8 Å². The molecule has 5 aromatic carbocycles. The maximum absolute atomic E-state index is 6.32. The maximum atomic E-state index is 6.32. The van der Waals surface area contributed by atoms with E-state index in [1.165, 1.54) is 70.7 Å². The Morgan fingerprint density at radius 3 is 2.10 bits per heavy atom. The third-order valence-corrected chi connectivity index (χ3v) is 17.3. The Hall–Kier alpha value is -4.61. The van der Waals surface area contributed by atoms with E-state index in [4.69, 9.17) is 14.4 Å². The van der Waals surface area contributed by atoms with E-state index >= 15 is 0 Å². The summed E-state index contributed by atoms with van der Waals surface area (Å²) >= 11 is -1.90. The van der Waals surface area contributed by atoms with Crippen LogP contribution in [0, 0.1) is 35.3 Å². The molecule has 0 saturated heterocycles. The topological polar surface area (TPSA) is 38.9 Å². The van der Waals surface area contributed by atoms with Crippen LogP contribution in [-0.4, -0.2) is 23.2 Å². The molecule has 3 saturated carbocycles. The van der Waals surface area contributed by atoms with Crippen LogP contribution in [0.2, 0.25) is 17.3 Å². The van der Waals surface area contributed by atoms with Gasteiger partial charge in [-0.1, -0.05) is 90.5 Å². The molecule has 0 amide bonds. The first-order valence-corrected chi connectivity index (χ1v) is 29.7. The number of aromatic nitrogens is 2. The van der Waals surface area contributed by atoms with Gasteiger partial charge in [-0.25, -0.2) is 0 Å². The van der Waals surface area contributed by atoms with E-state index in [0.717, 1.165) is 74.2 Å². The summed E-state index contributed by atoms with van der Waals surface area (Å²) in [5.74, 6) is 10.1. The van der Waals surface area contributed by atoms with Crippen molar-refractivity contribution >= 4 is 39.6 Å². The van der Waals surface area contributed by atoms with Gasteiger partial charge in [0.15, 0.2) is 0 Å². The molecule has 3 aromatic heterocycles. The molecule has 8 aromatic rings. The van der Waals surface area contributed by atoms with E-state index < -0.39 is 13.3 Å². The zero-order chi connectivity index (χ0) is 42.1. The summed E-state index contributed by atoms with van der Waals surface area (Å²) in [6, 6.07) is 51.6. The number of rotatable bonds is 8. The molecule has 1 atom stereocenters. The molecule has 317 valence electrons. The first kappa shape index (κ1) is 44.0. The molecule has 3 aliphatic carbocycles. The van der Waals surface area contributed by atoms with Gasteiger partial charge in [0.25, 0.3) is 0 Å². The van der Waals surface area contributed by atoms with Crippen LogP contribution in [0.5, 0.6) is 0 Å². The predicted octanol–water partition coefficient (Wildman–Crippen LogP) is 14.8. The van der Waals surface area contributed by atoms with Crippen molar-refractivity contribution in [1.82, 2.24) is 9.97 Å². The molecule has 11 rings (SSSR count). The predicted molar refractivity (Wildman–Crippen MR) is 259 cm³/mol. The molecular weight excluding hydrogens is 993 g/mol. The smallest absolute Gasteiger partial charge is 0.121 e. The third kappa shape index (κ3) is 10.1. The fourth-order valence-electron chi connectivity index (χ4n) is 9.96. The van der Waals surface area contributed by atoms with Gasteiger partial charge in [0.1, 0.15) is 5.58 Å². The van der Waals surface area contributed by atoms with Crippen molar-refractivity contribution in [2.75, 3.05) is 0 Å². The first-order valence-electron chi connectivity index (χ1n) is 22.4. The summed E-state index contributed by atoms with van der Waals surface area (Å²) in [6.07, 6.45) is 13.6. The van der Waals surface area contributed by atoms with Crippen LogP contribution in [0.3, 0.4) is 0 Å². The number of furan rings is 1. The van der Waals surface area contributed by atoms with E-state index in [0.29, 0.717) is 5.41 Å². The number of nitrogens with zero attached hydrogens (tertiary/aromatic N) is 2. The molecule has 3 heterocycles. The van der Waals surface area contributed by atoms with Crippen LogP contribution < -0.4 is 4.40 Å². The Balaban J connectivity index is 0.000000205. The molecule has 3 nitrogen and oxygen atoms in total. The summed E-state index contributed by atoms with van der Waals surface area (Å²) in [5.41, 5.74) is 13.9. The Labute approximate surface area is 385 Å². The summed E-state index contributed by atoms with van der Waals surface area (Å²) in [5, 5.41) is 2.24. The van der Waals surface area contributed by atoms with Crippen molar-refractivity contribution in [3.63, 3.8) is 0 Å². The molecule has 5 heteroatoms. The van der Waals surface area contributed by atoms with Crippen molar-refractivity contribution in [3.8, 4) is 44.8 Å². The molecular formula is C57H58GeIrN2O-2. The minimum atomic E-state index is -1.90. The fraction of sp³-hybridized carbons (Fsp3) is 0.298. The van der Waals surface area contributed by atoms with E-state index in [1.807, 2.05) is 30.5 Å². The summed E-state index contributed by atoms with van der Waals surface area (Å²) < 4.78 is 7.85. The van der Waals surface area contributed by atoms with Crippen molar-refractivity contribution in [2.24, 2.45) is 23.2 Å². The molecule has 3 fully saturated rings.